The van der Waals surface area contributed by atoms with Gasteiger partial charge in [0.15, 0.2) is 15.8 Å². The van der Waals surface area contributed by atoms with Crippen LogP contribution in [0.4, 0.5) is 0 Å². The minimum absolute atomic E-state index is 0.0445. The summed E-state index contributed by atoms with van der Waals surface area (Å²) < 4.78 is 23.1. The molecule has 24 heavy (non-hydrogen) atoms. The van der Waals surface area contributed by atoms with Crippen molar-refractivity contribution in [2.24, 2.45) is 4.99 Å². The molecule has 6 nitrogen and oxygen atoms in total. The fourth-order valence-corrected chi connectivity index (χ4v) is 4.86. The van der Waals surface area contributed by atoms with Crippen molar-refractivity contribution in [3.05, 3.63) is 35.5 Å². The van der Waals surface area contributed by atoms with Gasteiger partial charge in [0.2, 0.25) is 0 Å². The Hall–Kier alpha value is -2.02. The van der Waals surface area contributed by atoms with Crippen molar-refractivity contribution in [1.82, 2.24) is 15.6 Å². The maximum Gasteiger partial charge on any atom is 0.191 e. The molecule has 2 aromatic rings. The van der Waals surface area contributed by atoms with Crippen LogP contribution in [0.25, 0.3) is 10.9 Å². The molecule has 0 amide bonds. The highest BCUT2D eigenvalue weighted by molar-refractivity contribution is 7.91. The summed E-state index contributed by atoms with van der Waals surface area (Å²) in [5.41, 5.74) is 3.69. The normalized spacial score (nSPS) is 20.4. The van der Waals surface area contributed by atoms with Gasteiger partial charge in [-0.25, -0.2) is 8.42 Å². The van der Waals surface area contributed by atoms with E-state index in [1.807, 2.05) is 0 Å². The van der Waals surface area contributed by atoms with Crippen LogP contribution >= 0.6 is 0 Å². The highest BCUT2D eigenvalue weighted by atomic mass is 32.2. The summed E-state index contributed by atoms with van der Waals surface area (Å²) in [7, 11) is -1.18. The number of fused-ring (bicyclic) bond motifs is 1. The average molecular weight is 348 g/mol. The van der Waals surface area contributed by atoms with E-state index in [2.05, 4.69) is 51.9 Å². The molecule has 3 rings (SSSR count). The average Bonchev–Trinajstić information content (AvgIpc) is 3.10. The van der Waals surface area contributed by atoms with Gasteiger partial charge in [0, 0.05) is 36.7 Å². The maximum atomic E-state index is 11.5. The lowest BCUT2D eigenvalue weighted by Gasteiger charge is -2.15. The molecule has 130 valence electrons. The Morgan fingerprint density at radius 3 is 2.96 bits per heavy atom. The molecule has 0 bridgehead atoms. The molecular weight excluding hydrogens is 324 g/mol. The van der Waals surface area contributed by atoms with Crippen molar-refractivity contribution in [3.63, 3.8) is 0 Å². The van der Waals surface area contributed by atoms with Crippen LogP contribution in [0.5, 0.6) is 0 Å². The summed E-state index contributed by atoms with van der Waals surface area (Å²) in [6.07, 6.45) is 3.57. The zero-order valence-electron chi connectivity index (χ0n) is 14.1. The molecule has 1 aliphatic rings. The second kappa shape index (κ2) is 6.84. The number of aliphatic imine (C=N–C) groups is 1. The van der Waals surface area contributed by atoms with Crippen molar-refractivity contribution in [3.8, 4) is 0 Å². The quantitative estimate of drug-likeness (QED) is 0.575. The zero-order chi connectivity index (χ0) is 17.2. The van der Waals surface area contributed by atoms with E-state index in [-0.39, 0.29) is 17.5 Å². The Kier molecular flexibility index (Phi) is 4.80. The summed E-state index contributed by atoms with van der Waals surface area (Å²) >= 11 is 0. The van der Waals surface area contributed by atoms with Crippen molar-refractivity contribution in [2.45, 2.75) is 25.8 Å². The van der Waals surface area contributed by atoms with E-state index in [1.165, 1.54) is 22.0 Å². The van der Waals surface area contributed by atoms with Crippen molar-refractivity contribution < 1.29 is 8.42 Å². The third-order valence-electron chi connectivity index (χ3n) is 4.49. The summed E-state index contributed by atoms with van der Waals surface area (Å²) in [5.74, 6) is 1.11. The maximum absolute atomic E-state index is 11.5. The number of hydrogen-bond acceptors (Lipinski definition) is 3. The van der Waals surface area contributed by atoms with Gasteiger partial charge >= 0.3 is 0 Å². The molecule has 7 heteroatoms. The van der Waals surface area contributed by atoms with Crippen molar-refractivity contribution in [2.75, 3.05) is 25.1 Å². The number of H-pyrrole nitrogens is 1. The van der Waals surface area contributed by atoms with E-state index in [1.54, 1.807) is 7.05 Å². The van der Waals surface area contributed by atoms with Gasteiger partial charge in [0.1, 0.15) is 0 Å². The predicted octanol–water partition coefficient (Wildman–Crippen LogP) is 1.37. The Balaban J connectivity index is 1.55. The van der Waals surface area contributed by atoms with Crippen LogP contribution in [0, 0.1) is 6.92 Å². The Morgan fingerprint density at radius 1 is 1.42 bits per heavy atom. The van der Waals surface area contributed by atoms with Crippen LogP contribution in [0.1, 0.15) is 17.5 Å². The van der Waals surface area contributed by atoms with Crippen LogP contribution in [-0.4, -0.2) is 50.5 Å². The largest absolute Gasteiger partial charge is 0.361 e. The van der Waals surface area contributed by atoms with Crippen LogP contribution in [-0.2, 0) is 16.3 Å². The fraction of sp³-hybridized carbons (Fsp3) is 0.471. The number of rotatable bonds is 4. The van der Waals surface area contributed by atoms with E-state index in [0.717, 1.165) is 13.0 Å². The number of sulfone groups is 1. The van der Waals surface area contributed by atoms with Gasteiger partial charge in [-0.05, 0) is 30.9 Å². The van der Waals surface area contributed by atoms with Gasteiger partial charge < -0.3 is 15.6 Å². The molecule has 1 atom stereocenters. The fourth-order valence-electron chi connectivity index (χ4n) is 3.18. The minimum Gasteiger partial charge on any atom is -0.361 e. The van der Waals surface area contributed by atoms with E-state index in [0.29, 0.717) is 12.4 Å². The standard InChI is InChI=1S/C17H24N4O2S/c1-12-4-3-5-15-13(10-20-16(12)15)6-8-19-17(18-2)21-14-7-9-24(22,23)11-14/h3-5,10,14,20H,6-9,11H2,1-2H3,(H2,18,19,21). The molecule has 2 heterocycles. The lowest BCUT2D eigenvalue weighted by molar-refractivity contribution is 0.599. The van der Waals surface area contributed by atoms with E-state index in [9.17, 15) is 8.42 Å². The third-order valence-corrected chi connectivity index (χ3v) is 6.26. The molecule has 1 unspecified atom stereocenters. The smallest absolute Gasteiger partial charge is 0.191 e. The summed E-state index contributed by atoms with van der Waals surface area (Å²) in [6.45, 7) is 2.84. The number of aromatic nitrogens is 1. The van der Waals surface area contributed by atoms with Gasteiger partial charge in [0.05, 0.1) is 11.5 Å². The molecule has 1 aromatic carbocycles. The lowest BCUT2D eigenvalue weighted by Crippen LogP contribution is -2.44. The molecule has 3 N–H and O–H groups in total. The van der Waals surface area contributed by atoms with Crippen molar-refractivity contribution >= 4 is 26.7 Å². The predicted molar refractivity (Wildman–Crippen MR) is 98.3 cm³/mol. The van der Waals surface area contributed by atoms with Gasteiger partial charge in [-0.15, -0.1) is 0 Å². The number of nitrogens with zero attached hydrogens (tertiary/aromatic N) is 1. The molecule has 1 saturated heterocycles. The SMILES string of the molecule is CN=C(NCCc1c[nH]c2c(C)cccc12)NC1CCS(=O)(=O)C1. The first-order chi connectivity index (χ1) is 11.5. The van der Waals surface area contributed by atoms with Crippen LogP contribution in [0.2, 0.25) is 0 Å². The summed E-state index contributed by atoms with van der Waals surface area (Å²) in [5, 5.41) is 7.72. The second-order valence-corrected chi connectivity index (χ2v) is 8.53. The summed E-state index contributed by atoms with van der Waals surface area (Å²) in [6, 6.07) is 6.26. The number of nitrogens with one attached hydrogen (secondary N) is 3. The zero-order valence-corrected chi connectivity index (χ0v) is 14.9. The number of para-hydroxylation sites is 1. The van der Waals surface area contributed by atoms with Gasteiger partial charge in [-0.2, -0.15) is 0 Å². The Bertz CT molecular complexity index is 855. The number of hydrogen-bond donors (Lipinski definition) is 3. The van der Waals surface area contributed by atoms with Crippen molar-refractivity contribution in [1.29, 1.82) is 0 Å². The Labute approximate surface area is 142 Å². The molecular formula is C17H24N4O2S. The van der Waals surface area contributed by atoms with E-state index in [4.69, 9.17) is 0 Å². The van der Waals surface area contributed by atoms with E-state index < -0.39 is 9.84 Å². The molecule has 1 fully saturated rings. The van der Waals surface area contributed by atoms with Crippen LogP contribution in [0.3, 0.4) is 0 Å². The van der Waals surface area contributed by atoms with Gasteiger partial charge in [0.25, 0.3) is 0 Å². The van der Waals surface area contributed by atoms with Gasteiger partial charge in [-0.3, -0.25) is 4.99 Å². The third kappa shape index (κ3) is 3.72. The van der Waals surface area contributed by atoms with Crippen LogP contribution < -0.4 is 10.6 Å². The second-order valence-electron chi connectivity index (χ2n) is 6.30. The molecule has 0 aliphatic carbocycles. The number of aryl methyl sites for hydroxylation is 1. The molecule has 0 spiro atoms. The first-order valence-corrected chi connectivity index (χ1v) is 10.0. The minimum atomic E-state index is -2.88. The first-order valence-electron chi connectivity index (χ1n) is 8.22. The highest BCUT2D eigenvalue weighted by Gasteiger charge is 2.28. The number of aromatic amines is 1. The molecule has 1 aromatic heterocycles. The Morgan fingerprint density at radius 2 is 2.25 bits per heavy atom. The lowest BCUT2D eigenvalue weighted by atomic mass is 10.1. The molecule has 0 saturated carbocycles. The number of benzene rings is 1. The molecule has 1 aliphatic heterocycles. The topological polar surface area (TPSA) is 86.3 Å². The molecule has 0 radical (unpaired) electrons. The first kappa shape index (κ1) is 16.8. The van der Waals surface area contributed by atoms with Gasteiger partial charge in [-0.1, -0.05) is 18.2 Å². The number of guanidine groups is 1. The van der Waals surface area contributed by atoms with Crippen LogP contribution in [0.15, 0.2) is 29.4 Å². The summed E-state index contributed by atoms with van der Waals surface area (Å²) in [4.78, 5) is 7.52. The highest BCUT2D eigenvalue weighted by Crippen LogP contribution is 2.21. The van der Waals surface area contributed by atoms with E-state index >= 15 is 0 Å². The monoisotopic (exact) mass is 348 g/mol.